The lowest BCUT2D eigenvalue weighted by atomic mass is 9.98. The SMILES string of the molecule is COCCOCCCN1CCCc2cc(C(C)=O)ccc21. The van der Waals surface area contributed by atoms with Crippen LogP contribution in [0.25, 0.3) is 0 Å². The van der Waals surface area contributed by atoms with E-state index in [2.05, 4.69) is 17.0 Å². The second-order valence-corrected chi connectivity index (χ2v) is 5.45. The van der Waals surface area contributed by atoms with Crippen molar-refractivity contribution in [1.82, 2.24) is 0 Å². The Kier molecular flexibility index (Phi) is 6.21. The van der Waals surface area contributed by atoms with Crippen molar-refractivity contribution in [3.8, 4) is 0 Å². The van der Waals surface area contributed by atoms with Crippen LogP contribution in [0.4, 0.5) is 5.69 Å². The summed E-state index contributed by atoms with van der Waals surface area (Å²) < 4.78 is 10.5. The highest BCUT2D eigenvalue weighted by Crippen LogP contribution is 2.28. The number of benzene rings is 1. The molecule has 0 atom stereocenters. The number of ketones is 1. The number of nitrogens with zero attached hydrogens (tertiary/aromatic N) is 1. The average Bonchev–Trinajstić information content (AvgIpc) is 2.50. The summed E-state index contributed by atoms with van der Waals surface area (Å²) in [5.74, 6) is 0.140. The first kappa shape index (κ1) is 16.0. The summed E-state index contributed by atoms with van der Waals surface area (Å²) in [6, 6.07) is 6.09. The van der Waals surface area contributed by atoms with E-state index in [9.17, 15) is 4.79 Å². The molecule has 0 saturated carbocycles. The number of Topliss-reactive ketones (excluding diaryl/α,β-unsaturated/α-hetero) is 1. The lowest BCUT2D eigenvalue weighted by Gasteiger charge is -2.31. The minimum atomic E-state index is 0.140. The molecule has 4 nitrogen and oxygen atoms in total. The van der Waals surface area contributed by atoms with Gasteiger partial charge in [-0.3, -0.25) is 4.79 Å². The van der Waals surface area contributed by atoms with Crippen molar-refractivity contribution >= 4 is 11.5 Å². The number of carbonyl (C=O) groups is 1. The van der Waals surface area contributed by atoms with Gasteiger partial charge in [0.2, 0.25) is 0 Å². The molecule has 1 heterocycles. The van der Waals surface area contributed by atoms with Crippen LogP contribution in [0.3, 0.4) is 0 Å². The van der Waals surface area contributed by atoms with Gasteiger partial charge < -0.3 is 14.4 Å². The molecule has 1 aliphatic rings. The highest BCUT2D eigenvalue weighted by atomic mass is 16.5. The molecule has 0 spiro atoms. The number of fused-ring (bicyclic) bond motifs is 1. The number of methoxy groups -OCH3 is 1. The first-order chi connectivity index (χ1) is 10.2. The molecule has 1 aromatic carbocycles. The summed E-state index contributed by atoms with van der Waals surface area (Å²) >= 11 is 0. The summed E-state index contributed by atoms with van der Waals surface area (Å²) in [5.41, 5.74) is 3.40. The summed E-state index contributed by atoms with van der Waals surface area (Å²) in [6.45, 7) is 5.79. The van der Waals surface area contributed by atoms with Crippen molar-refractivity contribution in [2.24, 2.45) is 0 Å². The van der Waals surface area contributed by atoms with Crippen LogP contribution in [0.2, 0.25) is 0 Å². The smallest absolute Gasteiger partial charge is 0.159 e. The van der Waals surface area contributed by atoms with Crippen molar-refractivity contribution < 1.29 is 14.3 Å². The highest BCUT2D eigenvalue weighted by molar-refractivity contribution is 5.94. The van der Waals surface area contributed by atoms with Crippen LogP contribution in [0.5, 0.6) is 0 Å². The van der Waals surface area contributed by atoms with E-state index in [-0.39, 0.29) is 5.78 Å². The van der Waals surface area contributed by atoms with E-state index in [4.69, 9.17) is 9.47 Å². The Bertz CT molecular complexity index is 473. The second-order valence-electron chi connectivity index (χ2n) is 5.45. The fraction of sp³-hybridized carbons (Fsp3) is 0.588. The van der Waals surface area contributed by atoms with Crippen molar-refractivity contribution in [2.75, 3.05) is 44.9 Å². The number of rotatable bonds is 8. The Balaban J connectivity index is 1.88. The first-order valence-electron chi connectivity index (χ1n) is 7.68. The van der Waals surface area contributed by atoms with Gasteiger partial charge in [-0.2, -0.15) is 0 Å². The van der Waals surface area contributed by atoms with Crippen molar-refractivity contribution in [2.45, 2.75) is 26.2 Å². The Hall–Kier alpha value is -1.39. The predicted octanol–water partition coefficient (Wildman–Crippen LogP) is 2.69. The molecular formula is C17H25NO3. The molecule has 0 fully saturated rings. The van der Waals surface area contributed by atoms with E-state index in [1.165, 1.54) is 11.3 Å². The third kappa shape index (κ3) is 4.55. The molecule has 116 valence electrons. The summed E-state index contributed by atoms with van der Waals surface area (Å²) in [5, 5.41) is 0. The molecule has 0 saturated heterocycles. The maximum absolute atomic E-state index is 11.5. The second kappa shape index (κ2) is 8.15. The number of ether oxygens (including phenoxy) is 2. The predicted molar refractivity (Wildman–Crippen MR) is 84.3 cm³/mol. The summed E-state index contributed by atoms with van der Waals surface area (Å²) in [4.78, 5) is 13.9. The number of hydrogen-bond acceptors (Lipinski definition) is 4. The molecule has 0 radical (unpaired) electrons. The number of anilines is 1. The zero-order valence-electron chi connectivity index (χ0n) is 13.1. The molecule has 0 aromatic heterocycles. The van der Waals surface area contributed by atoms with Crippen molar-refractivity contribution in [3.63, 3.8) is 0 Å². The number of hydrogen-bond donors (Lipinski definition) is 0. The van der Waals surface area contributed by atoms with E-state index >= 15 is 0 Å². The van der Waals surface area contributed by atoms with Crippen LogP contribution in [-0.2, 0) is 15.9 Å². The normalized spacial score (nSPS) is 14.1. The van der Waals surface area contributed by atoms with E-state index in [1.54, 1.807) is 14.0 Å². The maximum atomic E-state index is 11.5. The molecule has 0 unspecified atom stereocenters. The van der Waals surface area contributed by atoms with Crippen LogP contribution < -0.4 is 4.90 Å². The fourth-order valence-electron chi connectivity index (χ4n) is 2.73. The van der Waals surface area contributed by atoms with Crippen molar-refractivity contribution in [3.05, 3.63) is 29.3 Å². The third-order valence-corrected chi connectivity index (χ3v) is 3.85. The molecule has 2 rings (SSSR count). The van der Waals surface area contributed by atoms with Crippen LogP contribution >= 0.6 is 0 Å². The van der Waals surface area contributed by atoms with E-state index in [0.717, 1.165) is 44.5 Å². The number of aryl methyl sites for hydroxylation is 1. The molecular weight excluding hydrogens is 266 g/mol. The molecule has 21 heavy (non-hydrogen) atoms. The third-order valence-electron chi connectivity index (χ3n) is 3.85. The molecule has 0 aliphatic carbocycles. The highest BCUT2D eigenvalue weighted by Gasteiger charge is 2.17. The van der Waals surface area contributed by atoms with Gasteiger partial charge in [-0.05, 0) is 49.9 Å². The Morgan fingerprint density at radius 2 is 2.14 bits per heavy atom. The zero-order chi connectivity index (χ0) is 15.1. The monoisotopic (exact) mass is 291 g/mol. The van der Waals surface area contributed by atoms with Gasteiger partial charge >= 0.3 is 0 Å². The average molecular weight is 291 g/mol. The van der Waals surface area contributed by atoms with Crippen LogP contribution in [0, 0.1) is 0 Å². The largest absolute Gasteiger partial charge is 0.382 e. The van der Waals surface area contributed by atoms with Gasteiger partial charge in [0.1, 0.15) is 0 Å². The van der Waals surface area contributed by atoms with Gasteiger partial charge in [-0.1, -0.05) is 0 Å². The quantitative estimate of drug-likeness (QED) is 0.545. The Morgan fingerprint density at radius 3 is 2.90 bits per heavy atom. The van der Waals surface area contributed by atoms with Crippen LogP contribution in [-0.4, -0.2) is 45.8 Å². The maximum Gasteiger partial charge on any atom is 0.159 e. The minimum absolute atomic E-state index is 0.140. The van der Waals surface area contributed by atoms with Gasteiger partial charge in [-0.15, -0.1) is 0 Å². The molecule has 1 aromatic rings. The first-order valence-corrected chi connectivity index (χ1v) is 7.68. The minimum Gasteiger partial charge on any atom is -0.382 e. The van der Waals surface area contributed by atoms with E-state index < -0.39 is 0 Å². The molecule has 0 N–H and O–H groups in total. The van der Waals surface area contributed by atoms with E-state index in [0.29, 0.717) is 13.2 Å². The molecule has 0 amide bonds. The Morgan fingerprint density at radius 1 is 1.29 bits per heavy atom. The van der Waals surface area contributed by atoms with Gasteiger partial charge in [0.25, 0.3) is 0 Å². The lowest BCUT2D eigenvalue weighted by molar-refractivity contribution is 0.0700. The lowest BCUT2D eigenvalue weighted by Crippen LogP contribution is -2.31. The van der Waals surface area contributed by atoms with Gasteiger partial charge in [0.05, 0.1) is 13.2 Å². The molecule has 0 bridgehead atoms. The van der Waals surface area contributed by atoms with Gasteiger partial charge in [0, 0.05) is 38.1 Å². The molecule has 4 heteroatoms. The summed E-state index contributed by atoms with van der Waals surface area (Å²) in [7, 11) is 1.68. The van der Waals surface area contributed by atoms with Gasteiger partial charge in [-0.25, -0.2) is 0 Å². The van der Waals surface area contributed by atoms with Gasteiger partial charge in [0.15, 0.2) is 5.78 Å². The van der Waals surface area contributed by atoms with Crippen LogP contribution in [0.15, 0.2) is 18.2 Å². The number of carbonyl (C=O) groups excluding carboxylic acids is 1. The van der Waals surface area contributed by atoms with E-state index in [1.807, 2.05) is 6.07 Å². The fourth-order valence-corrected chi connectivity index (χ4v) is 2.73. The Labute approximate surface area is 127 Å². The van der Waals surface area contributed by atoms with Crippen molar-refractivity contribution in [1.29, 1.82) is 0 Å². The zero-order valence-corrected chi connectivity index (χ0v) is 13.1. The topological polar surface area (TPSA) is 38.8 Å². The summed E-state index contributed by atoms with van der Waals surface area (Å²) in [6.07, 6.45) is 3.23. The van der Waals surface area contributed by atoms with Crippen LogP contribution in [0.1, 0.15) is 35.7 Å². The molecule has 1 aliphatic heterocycles. The standard InChI is InChI=1S/C17H25NO3/c1-14(19)15-6-7-17-16(13-15)5-3-8-18(17)9-4-10-21-12-11-20-2/h6-7,13H,3-5,8-12H2,1-2H3.